The molecule has 170 valence electrons. The van der Waals surface area contributed by atoms with Crippen molar-refractivity contribution in [2.75, 3.05) is 12.4 Å². The summed E-state index contributed by atoms with van der Waals surface area (Å²) in [5.74, 6) is -0.495. The highest BCUT2D eigenvalue weighted by Crippen LogP contribution is 2.31. The zero-order valence-electron chi connectivity index (χ0n) is 17.0. The molecule has 7 nitrogen and oxygen atoms in total. The van der Waals surface area contributed by atoms with E-state index < -0.39 is 17.6 Å². The van der Waals surface area contributed by atoms with Crippen molar-refractivity contribution in [3.8, 4) is 0 Å². The number of aromatic amines is 1. The number of nitrogens with zero attached hydrogens (tertiary/aromatic N) is 2. The predicted octanol–water partition coefficient (Wildman–Crippen LogP) is 4.73. The number of amides is 1. The predicted molar refractivity (Wildman–Crippen MR) is 119 cm³/mol. The molecule has 0 unspecified atom stereocenters. The Kier molecular flexibility index (Phi) is 6.68. The van der Waals surface area contributed by atoms with Crippen molar-refractivity contribution in [3.05, 3.63) is 83.2 Å². The summed E-state index contributed by atoms with van der Waals surface area (Å²) in [7, 11) is 1.47. The largest absolute Gasteiger partial charge is 0.416 e. The van der Waals surface area contributed by atoms with Crippen LogP contribution in [0.5, 0.6) is 0 Å². The fourth-order valence-electron chi connectivity index (χ4n) is 3.11. The average molecular weight is 476 g/mol. The number of carbonyl (C=O) groups excluding carboxylic acids is 2. The van der Waals surface area contributed by atoms with Gasteiger partial charge in [0.15, 0.2) is 5.78 Å². The third-order valence-corrected chi connectivity index (χ3v) is 4.68. The molecular weight excluding hydrogens is 459 g/mol. The zero-order chi connectivity index (χ0) is 22.9. The van der Waals surface area contributed by atoms with Crippen molar-refractivity contribution in [2.45, 2.75) is 6.18 Å². The summed E-state index contributed by atoms with van der Waals surface area (Å²) >= 11 is 0. The third-order valence-electron chi connectivity index (χ3n) is 4.68. The maximum Gasteiger partial charge on any atom is 0.416 e. The molecule has 2 heterocycles. The molecule has 11 heteroatoms. The summed E-state index contributed by atoms with van der Waals surface area (Å²) in [6.45, 7) is 0. The number of ketones is 1. The van der Waals surface area contributed by atoms with Crippen molar-refractivity contribution in [2.24, 2.45) is 0 Å². The molecule has 33 heavy (non-hydrogen) atoms. The minimum absolute atomic E-state index is 0. The molecule has 0 spiro atoms. The molecule has 4 aromatic rings. The molecule has 0 fully saturated rings. The van der Waals surface area contributed by atoms with E-state index in [4.69, 9.17) is 0 Å². The van der Waals surface area contributed by atoms with Gasteiger partial charge in [0.1, 0.15) is 5.69 Å². The summed E-state index contributed by atoms with van der Waals surface area (Å²) < 4.78 is 38.7. The number of benzene rings is 2. The molecule has 0 aliphatic rings. The number of rotatable bonds is 5. The van der Waals surface area contributed by atoms with Crippen LogP contribution >= 0.6 is 12.4 Å². The molecule has 0 radical (unpaired) electrons. The fraction of sp³-hybridized carbons (Fsp3) is 0.0909. The molecule has 0 aliphatic heterocycles. The van der Waals surface area contributed by atoms with Crippen LogP contribution < -0.4 is 10.6 Å². The number of halogens is 4. The van der Waals surface area contributed by atoms with E-state index in [0.717, 1.165) is 12.1 Å². The lowest BCUT2D eigenvalue weighted by molar-refractivity contribution is -0.137. The summed E-state index contributed by atoms with van der Waals surface area (Å²) in [5, 5.41) is 5.26. The molecule has 0 saturated carbocycles. The number of fused-ring (bicyclic) bond motifs is 1. The minimum atomic E-state index is -4.45. The van der Waals surface area contributed by atoms with E-state index in [-0.39, 0.29) is 35.5 Å². The minimum Gasteiger partial charge on any atom is -0.354 e. The van der Waals surface area contributed by atoms with Crippen molar-refractivity contribution in [1.82, 2.24) is 20.3 Å². The first-order chi connectivity index (χ1) is 15.2. The van der Waals surface area contributed by atoms with Gasteiger partial charge in [-0.05, 0) is 48.5 Å². The topological polar surface area (TPSA) is 99.8 Å². The summed E-state index contributed by atoms with van der Waals surface area (Å²) in [6, 6.07) is 12.5. The molecule has 2 aromatic heterocycles. The summed E-state index contributed by atoms with van der Waals surface area (Å²) in [5.41, 5.74) is 1.24. The smallest absolute Gasteiger partial charge is 0.354 e. The quantitative estimate of drug-likeness (QED) is 0.362. The third kappa shape index (κ3) is 5.12. The molecule has 1 amide bonds. The monoisotopic (exact) mass is 475 g/mol. The van der Waals surface area contributed by atoms with Crippen LogP contribution in [0.1, 0.15) is 32.0 Å². The lowest BCUT2D eigenvalue weighted by Gasteiger charge is -2.08. The molecule has 4 rings (SSSR count). The Hall–Kier alpha value is -3.92. The van der Waals surface area contributed by atoms with Gasteiger partial charge in [0.25, 0.3) is 5.91 Å². The molecule has 0 saturated heterocycles. The van der Waals surface area contributed by atoms with E-state index in [0.29, 0.717) is 22.2 Å². The number of alkyl halides is 3. The van der Waals surface area contributed by atoms with Crippen LogP contribution in [0.4, 0.5) is 24.8 Å². The van der Waals surface area contributed by atoms with Crippen LogP contribution in [0.15, 0.2) is 60.8 Å². The highest BCUT2D eigenvalue weighted by molar-refractivity contribution is 6.11. The van der Waals surface area contributed by atoms with Gasteiger partial charge >= 0.3 is 6.18 Å². The standard InChI is InChI=1S/C22H16F3N5O2.ClH/c1-26-20(32)18-10-13(7-8-27-18)19(31)12-5-6-16-17(9-12)30-21(29-16)28-15-4-2-3-14(11-15)22(23,24)25;/h2-11H,1H3,(H,26,32)(H2,28,29,30);1H. The van der Waals surface area contributed by atoms with Crippen molar-refractivity contribution in [1.29, 1.82) is 0 Å². The van der Waals surface area contributed by atoms with Gasteiger partial charge in [0.2, 0.25) is 5.95 Å². The van der Waals surface area contributed by atoms with Crippen LogP contribution in [-0.2, 0) is 6.18 Å². The Morgan fingerprint density at radius 3 is 2.48 bits per heavy atom. The highest BCUT2D eigenvalue weighted by Gasteiger charge is 2.30. The number of nitrogens with one attached hydrogen (secondary N) is 3. The van der Waals surface area contributed by atoms with Crippen molar-refractivity contribution >= 4 is 46.8 Å². The van der Waals surface area contributed by atoms with Gasteiger partial charge in [0.05, 0.1) is 16.6 Å². The van der Waals surface area contributed by atoms with Gasteiger partial charge in [-0.1, -0.05) is 6.07 Å². The molecule has 0 aliphatic carbocycles. The lowest BCUT2D eigenvalue weighted by atomic mass is 10.0. The Morgan fingerprint density at radius 1 is 1.00 bits per heavy atom. The molecular formula is C22H17ClF3N5O2. The van der Waals surface area contributed by atoms with Gasteiger partial charge < -0.3 is 15.6 Å². The van der Waals surface area contributed by atoms with Crippen LogP contribution in [0, 0.1) is 0 Å². The number of imidazole rings is 1. The van der Waals surface area contributed by atoms with Crippen LogP contribution in [0.3, 0.4) is 0 Å². The molecule has 0 bridgehead atoms. The van der Waals surface area contributed by atoms with E-state index in [2.05, 4.69) is 25.6 Å². The van der Waals surface area contributed by atoms with E-state index in [9.17, 15) is 22.8 Å². The SMILES string of the molecule is CNC(=O)c1cc(C(=O)c2ccc3nc(Nc4cccc(C(F)(F)F)c4)[nH]c3c2)ccn1.Cl. The number of H-pyrrole nitrogens is 1. The molecule has 0 atom stereocenters. The maximum atomic E-state index is 12.9. The Morgan fingerprint density at radius 2 is 1.76 bits per heavy atom. The second-order valence-corrected chi connectivity index (χ2v) is 6.86. The average Bonchev–Trinajstić information content (AvgIpc) is 3.19. The first kappa shape index (κ1) is 23.7. The first-order valence-electron chi connectivity index (χ1n) is 9.41. The van der Waals surface area contributed by atoms with Gasteiger partial charge in [-0.15, -0.1) is 12.4 Å². The second kappa shape index (κ2) is 9.29. The number of hydrogen-bond acceptors (Lipinski definition) is 5. The van der Waals surface area contributed by atoms with Gasteiger partial charge in [-0.25, -0.2) is 4.98 Å². The summed E-state index contributed by atoms with van der Waals surface area (Å²) in [6.07, 6.45) is -3.07. The Balaban J connectivity index is 0.00000306. The van der Waals surface area contributed by atoms with Crippen LogP contribution in [0.25, 0.3) is 11.0 Å². The highest BCUT2D eigenvalue weighted by atomic mass is 35.5. The zero-order valence-corrected chi connectivity index (χ0v) is 17.8. The van der Waals surface area contributed by atoms with Crippen LogP contribution in [-0.4, -0.2) is 33.7 Å². The second-order valence-electron chi connectivity index (χ2n) is 6.86. The normalized spacial score (nSPS) is 11.0. The Bertz CT molecular complexity index is 1340. The Labute approximate surface area is 191 Å². The van der Waals surface area contributed by atoms with Crippen LogP contribution in [0.2, 0.25) is 0 Å². The maximum absolute atomic E-state index is 12.9. The van der Waals surface area contributed by atoms with E-state index in [1.54, 1.807) is 18.2 Å². The van der Waals surface area contributed by atoms with Gasteiger partial charge in [-0.2, -0.15) is 13.2 Å². The molecule has 3 N–H and O–H groups in total. The number of anilines is 2. The first-order valence-corrected chi connectivity index (χ1v) is 9.41. The number of pyridine rings is 1. The number of carbonyl (C=O) groups is 2. The molecule has 2 aromatic carbocycles. The fourth-order valence-corrected chi connectivity index (χ4v) is 3.11. The lowest BCUT2D eigenvalue weighted by Crippen LogP contribution is -2.19. The van der Waals surface area contributed by atoms with Gasteiger partial charge in [-0.3, -0.25) is 14.6 Å². The van der Waals surface area contributed by atoms with E-state index in [1.165, 1.54) is 37.5 Å². The van der Waals surface area contributed by atoms with Crippen molar-refractivity contribution < 1.29 is 22.8 Å². The van der Waals surface area contributed by atoms with Gasteiger partial charge in [0, 0.05) is 30.1 Å². The number of hydrogen-bond donors (Lipinski definition) is 3. The summed E-state index contributed by atoms with van der Waals surface area (Å²) in [4.78, 5) is 35.8. The van der Waals surface area contributed by atoms with E-state index in [1.807, 2.05) is 0 Å². The van der Waals surface area contributed by atoms with E-state index >= 15 is 0 Å². The van der Waals surface area contributed by atoms with Crippen molar-refractivity contribution in [3.63, 3.8) is 0 Å². The number of aromatic nitrogens is 3.